The van der Waals surface area contributed by atoms with E-state index in [4.69, 9.17) is 66.3 Å². The Morgan fingerprint density at radius 3 is 1.35 bits per heavy atom. The second kappa shape index (κ2) is 30.0. The predicted octanol–water partition coefficient (Wildman–Crippen LogP) is 11.0. The summed E-state index contributed by atoms with van der Waals surface area (Å²) in [5.74, 6) is 0. The van der Waals surface area contributed by atoms with Gasteiger partial charge in [-0.25, -0.2) is 0 Å². The first-order valence-corrected chi connectivity index (χ1v) is 29.4. The van der Waals surface area contributed by atoms with Gasteiger partial charge in [-0.2, -0.15) is 0 Å². The van der Waals surface area contributed by atoms with Crippen molar-refractivity contribution in [3.8, 4) is 0 Å². The van der Waals surface area contributed by atoms with E-state index in [0.717, 1.165) is 65.5 Å². The fraction of sp³-hybridized carbons (Fsp3) is 0.441. The topological polar surface area (TPSA) is 149 Å². The van der Waals surface area contributed by atoms with Crippen LogP contribution < -0.4 is 0 Å². The second-order valence-electron chi connectivity index (χ2n) is 21.7. The number of benzene rings is 6. The summed E-state index contributed by atoms with van der Waals surface area (Å²) in [5.41, 5.74) is 5.41. The number of hydrogen-bond donors (Lipinski definition) is 1. The van der Waals surface area contributed by atoms with Gasteiger partial charge in [0.1, 0.15) is 67.1 Å². The largest absolute Gasteiger partial charge is 0.387 e. The molecular weight excluding hydrogens is 1060 g/mol. The van der Waals surface area contributed by atoms with Crippen molar-refractivity contribution < 1.29 is 71.4 Å². The highest BCUT2D eigenvalue weighted by Gasteiger charge is 2.58. The Labute approximate surface area is 487 Å². The molecule has 5 heterocycles. The van der Waals surface area contributed by atoms with Crippen molar-refractivity contribution >= 4 is 0 Å². The Bertz CT molecular complexity index is 2800. The van der Waals surface area contributed by atoms with Gasteiger partial charge < -0.3 is 71.4 Å². The minimum atomic E-state index is -1.39. The first kappa shape index (κ1) is 59.2. The molecule has 2 unspecified atom stereocenters. The SMILES string of the molecule is C=CCCCCCCO[C@@H]1O[C@@H]2COC(c3ccccc3)O[C@@H]2[C@H](O[C@@H]2O[C@@H]3COC(c4ccccc4)O[C@@H]3[C@H](O)[C@H]2O[C@@H]2O[C@@H](C)[C@@H](OCc3ccccc3)[C@@H](OCc3ccccc3)[C@@H]2OCc2ccccc2)[C@H]1OCc1ccccc1. The van der Waals surface area contributed by atoms with Gasteiger partial charge in [0.05, 0.1) is 45.7 Å². The van der Waals surface area contributed by atoms with Gasteiger partial charge in [0.15, 0.2) is 31.5 Å². The summed E-state index contributed by atoms with van der Waals surface area (Å²) in [4.78, 5) is 0. The molecular formula is C68H78O15. The zero-order valence-corrected chi connectivity index (χ0v) is 47.1. The number of allylic oxidation sites excluding steroid dienone is 1. The van der Waals surface area contributed by atoms with Gasteiger partial charge in [-0.1, -0.05) is 201 Å². The van der Waals surface area contributed by atoms with Crippen molar-refractivity contribution in [3.63, 3.8) is 0 Å². The number of rotatable bonds is 26. The van der Waals surface area contributed by atoms with Gasteiger partial charge in [-0.3, -0.25) is 0 Å². The molecule has 440 valence electrons. The van der Waals surface area contributed by atoms with Crippen molar-refractivity contribution in [2.75, 3.05) is 19.8 Å². The lowest BCUT2D eigenvalue weighted by atomic mass is 9.94. The molecule has 5 aliphatic rings. The van der Waals surface area contributed by atoms with E-state index in [-0.39, 0.29) is 39.6 Å². The molecule has 5 aliphatic heterocycles. The van der Waals surface area contributed by atoms with Gasteiger partial charge in [0.2, 0.25) is 0 Å². The van der Waals surface area contributed by atoms with Crippen molar-refractivity contribution in [2.45, 2.75) is 170 Å². The summed E-state index contributed by atoms with van der Waals surface area (Å²) < 4.78 is 96.7. The summed E-state index contributed by atoms with van der Waals surface area (Å²) in [6.07, 6.45) is -9.04. The summed E-state index contributed by atoms with van der Waals surface area (Å²) in [6, 6.07) is 59.1. The maximum absolute atomic E-state index is 13.2. The Hall–Kier alpha value is -5.54. The molecule has 17 atom stereocenters. The zero-order chi connectivity index (χ0) is 56.6. The number of aliphatic hydroxyl groups excluding tert-OH is 1. The summed E-state index contributed by atoms with van der Waals surface area (Å²) in [7, 11) is 0. The monoisotopic (exact) mass is 1130 g/mol. The molecule has 5 saturated heterocycles. The number of ether oxygens (including phenoxy) is 14. The van der Waals surface area contributed by atoms with Crippen LogP contribution in [0, 0.1) is 0 Å². The molecule has 0 radical (unpaired) electrons. The Balaban J connectivity index is 0.955. The van der Waals surface area contributed by atoms with Gasteiger partial charge in [0.25, 0.3) is 0 Å². The molecule has 11 rings (SSSR count). The Morgan fingerprint density at radius 1 is 0.422 bits per heavy atom. The highest BCUT2D eigenvalue weighted by Crippen LogP contribution is 2.42. The standard InChI is InChI=1S/C68H78O15/c1-3-4-5-6-7-26-39-70-66-63(74-43-50-33-20-11-21-34-50)61(58-54(78-66)45-76-65(81-58)52-37-24-13-25-38-52)83-67-59(55(69)57-53(79-67)44-75-64(80-57)51-35-22-12-23-36-51)82-68-62(73-42-49-31-18-10-19-32-49)60(72-41-48-29-16-9-17-30-48)56(46(2)77-68)71-40-47-27-14-8-15-28-47/h3,8-25,27-38,46,53-69H,1,4-7,26,39-45H2,2H3/t46-,53+,54+,55-,56+,57-,58-,59+,60+,61-,62-,63+,64?,65?,66+,67-,68-/m0/s1. The highest BCUT2D eigenvalue weighted by atomic mass is 16.8. The third-order valence-corrected chi connectivity index (χ3v) is 15.8. The average molecular weight is 1140 g/mol. The fourth-order valence-electron chi connectivity index (χ4n) is 11.4. The van der Waals surface area contributed by atoms with E-state index >= 15 is 0 Å². The van der Waals surface area contributed by atoms with Crippen LogP contribution in [0.5, 0.6) is 0 Å². The molecule has 6 aromatic carbocycles. The van der Waals surface area contributed by atoms with E-state index < -0.39 is 105 Å². The average Bonchev–Trinajstić information content (AvgIpc) is 3.26. The van der Waals surface area contributed by atoms with E-state index in [2.05, 4.69) is 6.58 Å². The number of fused-ring (bicyclic) bond motifs is 2. The lowest BCUT2D eigenvalue weighted by Gasteiger charge is -2.53. The summed E-state index contributed by atoms with van der Waals surface area (Å²) in [6.45, 7) is 7.35. The maximum Gasteiger partial charge on any atom is 0.187 e. The molecule has 15 heteroatoms. The van der Waals surface area contributed by atoms with E-state index in [1.54, 1.807) is 0 Å². The van der Waals surface area contributed by atoms with Crippen molar-refractivity contribution in [1.82, 2.24) is 0 Å². The van der Waals surface area contributed by atoms with Crippen LogP contribution in [-0.2, 0) is 92.7 Å². The normalized spacial score (nSPS) is 31.6. The second-order valence-corrected chi connectivity index (χ2v) is 21.7. The van der Waals surface area contributed by atoms with E-state index in [0.29, 0.717) is 6.61 Å². The molecule has 0 amide bonds. The van der Waals surface area contributed by atoms with Crippen molar-refractivity contribution in [1.29, 1.82) is 0 Å². The highest BCUT2D eigenvalue weighted by molar-refractivity contribution is 5.20. The molecule has 0 aliphatic carbocycles. The molecule has 0 aromatic heterocycles. The fourth-order valence-corrected chi connectivity index (χ4v) is 11.4. The quantitative estimate of drug-likeness (QED) is 0.0405. The van der Waals surface area contributed by atoms with Crippen LogP contribution in [0.25, 0.3) is 0 Å². The minimum absolute atomic E-state index is 0.0657. The number of aliphatic hydroxyl groups is 1. The van der Waals surface area contributed by atoms with Crippen LogP contribution in [0.4, 0.5) is 0 Å². The molecule has 0 spiro atoms. The van der Waals surface area contributed by atoms with E-state index in [1.807, 2.05) is 195 Å². The van der Waals surface area contributed by atoms with Crippen LogP contribution in [0.15, 0.2) is 195 Å². The van der Waals surface area contributed by atoms with E-state index in [1.165, 1.54) is 0 Å². The Kier molecular flexibility index (Phi) is 21.4. The number of hydrogen-bond acceptors (Lipinski definition) is 15. The van der Waals surface area contributed by atoms with Crippen LogP contribution >= 0.6 is 0 Å². The molecule has 5 fully saturated rings. The van der Waals surface area contributed by atoms with Crippen molar-refractivity contribution in [3.05, 3.63) is 228 Å². The molecule has 0 bridgehead atoms. The third-order valence-electron chi connectivity index (χ3n) is 15.8. The van der Waals surface area contributed by atoms with Gasteiger partial charge >= 0.3 is 0 Å². The molecule has 1 N–H and O–H groups in total. The zero-order valence-electron chi connectivity index (χ0n) is 47.1. The van der Waals surface area contributed by atoms with Crippen LogP contribution in [0.2, 0.25) is 0 Å². The van der Waals surface area contributed by atoms with Gasteiger partial charge in [-0.15, -0.1) is 6.58 Å². The van der Waals surface area contributed by atoms with Crippen LogP contribution in [-0.4, -0.2) is 117 Å². The van der Waals surface area contributed by atoms with Gasteiger partial charge in [0, 0.05) is 17.7 Å². The number of unbranched alkanes of at least 4 members (excludes halogenated alkanes) is 4. The van der Waals surface area contributed by atoms with Gasteiger partial charge in [-0.05, 0) is 48.4 Å². The van der Waals surface area contributed by atoms with Crippen LogP contribution in [0.1, 0.15) is 85.0 Å². The summed E-state index contributed by atoms with van der Waals surface area (Å²) in [5, 5.41) is 13.2. The van der Waals surface area contributed by atoms with Crippen LogP contribution in [0.3, 0.4) is 0 Å². The minimum Gasteiger partial charge on any atom is -0.387 e. The predicted molar refractivity (Wildman–Crippen MR) is 307 cm³/mol. The first-order valence-electron chi connectivity index (χ1n) is 29.4. The summed E-state index contributed by atoms with van der Waals surface area (Å²) >= 11 is 0. The third kappa shape index (κ3) is 15.5. The molecule has 15 nitrogen and oxygen atoms in total. The van der Waals surface area contributed by atoms with Crippen molar-refractivity contribution in [2.24, 2.45) is 0 Å². The molecule has 0 saturated carbocycles. The first-order chi connectivity index (χ1) is 41.0. The van der Waals surface area contributed by atoms with E-state index in [9.17, 15) is 5.11 Å². The molecule has 83 heavy (non-hydrogen) atoms. The molecule has 6 aromatic rings. The lowest BCUT2D eigenvalue weighted by molar-refractivity contribution is -0.423. The maximum atomic E-state index is 13.2. The smallest absolute Gasteiger partial charge is 0.187 e. The lowest BCUT2D eigenvalue weighted by Crippen LogP contribution is -2.69. The Morgan fingerprint density at radius 2 is 0.831 bits per heavy atom.